The lowest BCUT2D eigenvalue weighted by atomic mass is 10.1. The molecule has 1 unspecified atom stereocenters. The van der Waals surface area contributed by atoms with Gasteiger partial charge in [-0.1, -0.05) is 6.07 Å². The molecular weight excluding hydrogens is 262 g/mol. The van der Waals surface area contributed by atoms with Crippen LogP contribution in [0.15, 0.2) is 36.2 Å². The van der Waals surface area contributed by atoms with Crippen LogP contribution in [0.4, 0.5) is 0 Å². The number of hydrogen-bond donors (Lipinski definition) is 1. The zero-order chi connectivity index (χ0) is 13.5. The van der Waals surface area contributed by atoms with E-state index in [0.29, 0.717) is 13.0 Å². The van der Waals surface area contributed by atoms with E-state index in [2.05, 4.69) is 15.3 Å². The summed E-state index contributed by atoms with van der Waals surface area (Å²) in [6.45, 7) is 0.612. The van der Waals surface area contributed by atoms with E-state index in [1.54, 1.807) is 23.7 Å². The van der Waals surface area contributed by atoms with Gasteiger partial charge in [0.05, 0.1) is 19.6 Å². The molecule has 6 heteroatoms. The van der Waals surface area contributed by atoms with Gasteiger partial charge in [0.1, 0.15) is 6.33 Å². The minimum atomic E-state index is -0.227. The van der Waals surface area contributed by atoms with E-state index in [4.69, 9.17) is 4.74 Å². The third-order valence-corrected chi connectivity index (χ3v) is 3.64. The number of methoxy groups -OCH3 is 1. The normalized spacial score (nSPS) is 12.1. The Morgan fingerprint density at radius 3 is 2.89 bits per heavy atom. The Hall–Kier alpha value is -1.79. The van der Waals surface area contributed by atoms with E-state index < -0.39 is 0 Å². The molecule has 1 atom stereocenters. The highest BCUT2D eigenvalue weighted by Gasteiger charge is 2.16. The fraction of sp³-hybridized carbons (Fsp3) is 0.308. The topological polar surface area (TPSA) is 64.1 Å². The zero-order valence-electron chi connectivity index (χ0n) is 10.6. The number of rotatable bonds is 6. The zero-order valence-corrected chi connectivity index (χ0v) is 11.4. The second-order valence-electron chi connectivity index (χ2n) is 3.98. The van der Waals surface area contributed by atoms with Gasteiger partial charge in [0.25, 0.3) is 0 Å². The van der Waals surface area contributed by atoms with Gasteiger partial charge in [0.2, 0.25) is 0 Å². The molecule has 0 radical (unpaired) electrons. The van der Waals surface area contributed by atoms with E-state index >= 15 is 0 Å². The van der Waals surface area contributed by atoms with Gasteiger partial charge in [-0.2, -0.15) is 0 Å². The summed E-state index contributed by atoms with van der Waals surface area (Å²) in [5.74, 6) is -0.227. The lowest BCUT2D eigenvalue weighted by Gasteiger charge is -2.16. The van der Waals surface area contributed by atoms with Crippen molar-refractivity contribution in [2.24, 2.45) is 0 Å². The minimum absolute atomic E-state index is 0.0485. The molecule has 0 amide bonds. The maximum Gasteiger partial charge on any atom is 0.307 e. The van der Waals surface area contributed by atoms with Crippen LogP contribution in [0, 0.1) is 0 Å². The number of ether oxygens (including phenoxy) is 1. The van der Waals surface area contributed by atoms with Gasteiger partial charge in [-0.3, -0.25) is 4.79 Å². The SMILES string of the molecule is COC(=O)CC(NCc1cncnc1)c1cccs1. The summed E-state index contributed by atoms with van der Waals surface area (Å²) in [7, 11) is 1.40. The summed E-state index contributed by atoms with van der Waals surface area (Å²) >= 11 is 1.62. The van der Waals surface area contributed by atoms with Crippen molar-refractivity contribution in [3.05, 3.63) is 46.7 Å². The molecule has 5 nitrogen and oxygen atoms in total. The molecule has 0 spiro atoms. The highest BCUT2D eigenvalue weighted by molar-refractivity contribution is 7.10. The van der Waals surface area contributed by atoms with Crippen LogP contribution in [0.2, 0.25) is 0 Å². The van der Waals surface area contributed by atoms with Crippen LogP contribution in [0.1, 0.15) is 22.9 Å². The summed E-state index contributed by atoms with van der Waals surface area (Å²) in [5, 5.41) is 5.33. The standard InChI is InChI=1S/C13H15N3O2S/c1-18-13(17)5-11(12-3-2-4-19-12)16-8-10-6-14-9-15-7-10/h2-4,6-7,9,11,16H,5,8H2,1H3. The predicted molar refractivity (Wildman–Crippen MR) is 72.6 cm³/mol. The Labute approximate surface area is 115 Å². The first-order valence-corrected chi connectivity index (χ1v) is 6.75. The summed E-state index contributed by atoms with van der Waals surface area (Å²) in [6, 6.07) is 3.93. The first-order chi connectivity index (χ1) is 9.29. The Bertz CT molecular complexity index is 502. The number of nitrogens with one attached hydrogen (secondary N) is 1. The second kappa shape index (κ2) is 6.96. The molecule has 0 aliphatic carbocycles. The van der Waals surface area contributed by atoms with Crippen molar-refractivity contribution in [1.29, 1.82) is 0 Å². The van der Waals surface area contributed by atoms with Gasteiger partial charge in [0.15, 0.2) is 0 Å². The fourth-order valence-corrected chi connectivity index (χ4v) is 2.48. The van der Waals surface area contributed by atoms with E-state index in [1.165, 1.54) is 13.4 Å². The number of nitrogens with zero attached hydrogens (tertiary/aromatic N) is 2. The van der Waals surface area contributed by atoms with Gasteiger partial charge in [-0.15, -0.1) is 11.3 Å². The van der Waals surface area contributed by atoms with Gasteiger partial charge in [-0.05, 0) is 11.4 Å². The highest BCUT2D eigenvalue weighted by atomic mass is 32.1. The lowest BCUT2D eigenvalue weighted by molar-refractivity contribution is -0.141. The van der Waals surface area contributed by atoms with Crippen LogP contribution in [-0.4, -0.2) is 23.0 Å². The molecule has 19 heavy (non-hydrogen) atoms. The first kappa shape index (κ1) is 13.6. The van der Waals surface area contributed by atoms with E-state index in [0.717, 1.165) is 10.4 Å². The molecule has 2 aromatic rings. The smallest absolute Gasteiger partial charge is 0.307 e. The molecule has 2 aromatic heterocycles. The Morgan fingerprint density at radius 1 is 1.47 bits per heavy atom. The Morgan fingerprint density at radius 2 is 2.26 bits per heavy atom. The number of hydrogen-bond acceptors (Lipinski definition) is 6. The molecule has 0 saturated carbocycles. The Balaban J connectivity index is 2.00. The molecule has 100 valence electrons. The fourth-order valence-electron chi connectivity index (χ4n) is 1.68. The van der Waals surface area contributed by atoms with Crippen molar-refractivity contribution < 1.29 is 9.53 Å². The summed E-state index contributed by atoms with van der Waals surface area (Å²) in [5.41, 5.74) is 0.980. The number of carbonyl (C=O) groups is 1. The maximum atomic E-state index is 11.4. The van der Waals surface area contributed by atoms with Crippen molar-refractivity contribution in [3.63, 3.8) is 0 Å². The van der Waals surface area contributed by atoms with Crippen molar-refractivity contribution in [3.8, 4) is 0 Å². The monoisotopic (exact) mass is 277 g/mol. The van der Waals surface area contributed by atoms with Gasteiger partial charge in [-0.25, -0.2) is 9.97 Å². The van der Waals surface area contributed by atoms with Gasteiger partial charge >= 0.3 is 5.97 Å². The van der Waals surface area contributed by atoms with E-state index in [-0.39, 0.29) is 12.0 Å². The average molecular weight is 277 g/mol. The molecule has 0 aromatic carbocycles. The number of thiophene rings is 1. The molecule has 1 N–H and O–H groups in total. The van der Waals surface area contributed by atoms with Crippen molar-refractivity contribution in [1.82, 2.24) is 15.3 Å². The van der Waals surface area contributed by atoms with E-state index in [1.807, 2.05) is 17.5 Å². The number of esters is 1. The first-order valence-electron chi connectivity index (χ1n) is 5.87. The van der Waals surface area contributed by atoms with Crippen LogP contribution in [0.25, 0.3) is 0 Å². The molecule has 2 rings (SSSR count). The van der Waals surface area contributed by atoms with Crippen molar-refractivity contribution in [2.45, 2.75) is 19.0 Å². The molecule has 0 aliphatic rings. The predicted octanol–water partition coefficient (Wildman–Crippen LogP) is 1.93. The molecular formula is C13H15N3O2S. The maximum absolute atomic E-state index is 11.4. The molecule has 0 bridgehead atoms. The van der Waals surface area contributed by atoms with Crippen LogP contribution < -0.4 is 5.32 Å². The van der Waals surface area contributed by atoms with Gasteiger partial charge in [0, 0.05) is 29.4 Å². The van der Waals surface area contributed by atoms with Crippen LogP contribution in [0.3, 0.4) is 0 Å². The number of carbonyl (C=O) groups excluding carboxylic acids is 1. The number of aromatic nitrogens is 2. The largest absolute Gasteiger partial charge is 0.469 e. The summed E-state index contributed by atoms with van der Waals surface area (Å²) in [6.07, 6.45) is 5.31. The highest BCUT2D eigenvalue weighted by Crippen LogP contribution is 2.22. The third-order valence-electron chi connectivity index (χ3n) is 2.65. The van der Waals surface area contributed by atoms with Crippen molar-refractivity contribution in [2.75, 3.05) is 7.11 Å². The van der Waals surface area contributed by atoms with E-state index in [9.17, 15) is 4.79 Å². The minimum Gasteiger partial charge on any atom is -0.469 e. The van der Waals surface area contributed by atoms with Crippen LogP contribution in [-0.2, 0) is 16.1 Å². The second-order valence-corrected chi connectivity index (χ2v) is 4.96. The average Bonchev–Trinajstić information content (AvgIpc) is 2.98. The summed E-state index contributed by atoms with van der Waals surface area (Å²) < 4.78 is 4.73. The molecule has 0 fully saturated rings. The quantitative estimate of drug-likeness (QED) is 0.817. The lowest BCUT2D eigenvalue weighted by Crippen LogP contribution is -2.23. The van der Waals surface area contributed by atoms with Crippen LogP contribution >= 0.6 is 11.3 Å². The molecule has 0 saturated heterocycles. The summed E-state index contributed by atoms with van der Waals surface area (Å²) in [4.78, 5) is 20.5. The third kappa shape index (κ3) is 4.11. The van der Waals surface area contributed by atoms with Crippen LogP contribution in [0.5, 0.6) is 0 Å². The molecule has 0 aliphatic heterocycles. The van der Waals surface area contributed by atoms with Gasteiger partial charge < -0.3 is 10.1 Å². The molecule has 2 heterocycles. The Kier molecular flexibility index (Phi) is 5.00. The van der Waals surface area contributed by atoms with Crippen molar-refractivity contribution >= 4 is 17.3 Å².